The third-order valence-corrected chi connectivity index (χ3v) is 8.61. The van der Waals surface area contributed by atoms with Crippen LogP contribution in [-0.4, -0.2) is 57.3 Å². The average molecular weight is 559 g/mol. The van der Waals surface area contributed by atoms with Crippen molar-refractivity contribution in [2.45, 2.75) is 85.1 Å². The molecule has 1 saturated carbocycles. The fourth-order valence-corrected chi connectivity index (χ4v) is 6.12. The molecule has 0 spiro atoms. The lowest BCUT2D eigenvalue weighted by atomic mass is 10.1. The van der Waals surface area contributed by atoms with Crippen LogP contribution in [0.2, 0.25) is 0 Å². The van der Waals surface area contributed by atoms with Gasteiger partial charge in [0.2, 0.25) is 11.9 Å². The molecule has 1 N–H and O–H groups in total. The van der Waals surface area contributed by atoms with E-state index in [0.717, 1.165) is 80.2 Å². The Balaban J connectivity index is 1.45. The number of rotatable bonds is 12. The SMILES string of the molecule is CC(=O)c1ccc(Nc2nc3ccc(N(CCC(C)C)C(=O)C4CCCC4)nc3n2CCCN2CCCCC2)cc1. The lowest BCUT2D eigenvalue weighted by Gasteiger charge is -2.26. The van der Waals surface area contributed by atoms with Crippen LogP contribution < -0.4 is 10.2 Å². The maximum atomic E-state index is 13.7. The number of likely N-dealkylation sites (tertiary alicyclic amines) is 1. The molecule has 8 heteroatoms. The molecule has 0 radical (unpaired) electrons. The van der Waals surface area contributed by atoms with Gasteiger partial charge in [-0.1, -0.05) is 33.1 Å². The van der Waals surface area contributed by atoms with E-state index >= 15 is 0 Å². The Morgan fingerprint density at radius 2 is 1.68 bits per heavy atom. The quantitative estimate of drug-likeness (QED) is 0.246. The third kappa shape index (κ3) is 7.34. The second-order valence-corrected chi connectivity index (χ2v) is 12.3. The Bertz CT molecular complexity index is 1320. The number of fused-ring (bicyclic) bond motifs is 1. The molecule has 2 aliphatic rings. The first-order valence-electron chi connectivity index (χ1n) is 15.7. The number of amides is 1. The van der Waals surface area contributed by atoms with E-state index in [9.17, 15) is 9.59 Å². The Morgan fingerprint density at radius 1 is 0.951 bits per heavy atom. The van der Waals surface area contributed by atoms with Gasteiger partial charge in [0.05, 0.1) is 0 Å². The summed E-state index contributed by atoms with van der Waals surface area (Å²) in [6.45, 7) is 10.8. The van der Waals surface area contributed by atoms with Gasteiger partial charge in [-0.2, -0.15) is 0 Å². The van der Waals surface area contributed by atoms with Gasteiger partial charge in [0.25, 0.3) is 0 Å². The number of hydrogen-bond acceptors (Lipinski definition) is 6. The van der Waals surface area contributed by atoms with Crippen LogP contribution >= 0.6 is 0 Å². The van der Waals surface area contributed by atoms with Crippen LogP contribution in [0.25, 0.3) is 11.2 Å². The summed E-state index contributed by atoms with van der Waals surface area (Å²) in [5.41, 5.74) is 3.17. The minimum absolute atomic E-state index is 0.0485. The molecule has 2 aromatic heterocycles. The van der Waals surface area contributed by atoms with Gasteiger partial charge in [0.1, 0.15) is 11.3 Å². The molecule has 1 amide bonds. The highest BCUT2D eigenvalue weighted by atomic mass is 16.2. The molecular weight excluding hydrogens is 512 g/mol. The van der Waals surface area contributed by atoms with Crippen molar-refractivity contribution < 1.29 is 9.59 Å². The summed E-state index contributed by atoms with van der Waals surface area (Å²) < 4.78 is 2.17. The predicted octanol–water partition coefficient (Wildman–Crippen LogP) is 6.82. The Morgan fingerprint density at radius 3 is 2.37 bits per heavy atom. The van der Waals surface area contributed by atoms with Crippen LogP contribution in [0.4, 0.5) is 17.5 Å². The number of anilines is 3. The summed E-state index contributed by atoms with van der Waals surface area (Å²) in [5, 5.41) is 3.48. The van der Waals surface area contributed by atoms with Gasteiger partial charge in [-0.3, -0.25) is 19.1 Å². The van der Waals surface area contributed by atoms with Crippen LogP contribution in [0, 0.1) is 11.8 Å². The second kappa shape index (κ2) is 13.6. The number of Topliss-reactive ketones (excluding diaryl/α,β-unsaturated/α-hetero) is 1. The first kappa shape index (κ1) is 29.2. The predicted molar refractivity (Wildman–Crippen MR) is 166 cm³/mol. The Kier molecular flexibility index (Phi) is 9.70. The molecule has 1 aliphatic heterocycles. The van der Waals surface area contributed by atoms with E-state index < -0.39 is 0 Å². The van der Waals surface area contributed by atoms with E-state index in [2.05, 4.69) is 28.6 Å². The fraction of sp³-hybridized carbons (Fsp3) is 0.576. The molecule has 220 valence electrons. The number of nitrogens with zero attached hydrogens (tertiary/aromatic N) is 5. The van der Waals surface area contributed by atoms with E-state index in [1.54, 1.807) is 6.92 Å². The van der Waals surface area contributed by atoms with Gasteiger partial charge in [-0.05, 0) is 107 Å². The number of imidazole rings is 1. The third-order valence-electron chi connectivity index (χ3n) is 8.61. The minimum Gasteiger partial charge on any atom is -0.326 e. The summed E-state index contributed by atoms with van der Waals surface area (Å²) in [4.78, 5) is 40.0. The molecule has 41 heavy (non-hydrogen) atoms. The first-order chi connectivity index (χ1) is 19.9. The number of aryl methyl sites for hydroxylation is 1. The van der Waals surface area contributed by atoms with Gasteiger partial charge in [-0.25, -0.2) is 9.97 Å². The van der Waals surface area contributed by atoms with Crippen molar-refractivity contribution in [2.24, 2.45) is 11.8 Å². The van der Waals surface area contributed by atoms with Crippen LogP contribution in [0.3, 0.4) is 0 Å². The van der Waals surface area contributed by atoms with E-state index in [1.165, 1.54) is 32.4 Å². The van der Waals surface area contributed by atoms with Gasteiger partial charge >= 0.3 is 0 Å². The molecule has 1 saturated heterocycles. The zero-order valence-electron chi connectivity index (χ0n) is 25.1. The van der Waals surface area contributed by atoms with Crippen molar-refractivity contribution in [3.8, 4) is 0 Å². The standard InChI is InChI=1S/C33H46N6O2/c1-24(2)18-23-38(32(41)27-10-5-6-11-27)30-17-16-29-31(36-30)39(22-9-21-37-19-7-4-8-20-37)33(35-29)34-28-14-12-26(13-15-28)25(3)40/h12-17,24,27H,4-11,18-23H2,1-3H3,(H,34,35). The molecule has 2 fully saturated rings. The van der Waals surface area contributed by atoms with Gasteiger partial charge in [0, 0.05) is 30.3 Å². The van der Waals surface area contributed by atoms with Crippen LogP contribution in [-0.2, 0) is 11.3 Å². The number of carbonyl (C=O) groups is 2. The summed E-state index contributed by atoms with van der Waals surface area (Å²) in [6, 6.07) is 11.5. The fourth-order valence-electron chi connectivity index (χ4n) is 6.12. The van der Waals surface area contributed by atoms with Crippen LogP contribution in [0.1, 0.15) is 88.9 Å². The van der Waals surface area contributed by atoms with Crippen molar-refractivity contribution in [1.82, 2.24) is 19.4 Å². The molecule has 3 heterocycles. The van der Waals surface area contributed by atoms with Crippen molar-refractivity contribution in [3.05, 3.63) is 42.0 Å². The van der Waals surface area contributed by atoms with E-state index in [4.69, 9.17) is 9.97 Å². The lowest BCUT2D eigenvalue weighted by Crippen LogP contribution is -2.37. The molecule has 0 bridgehead atoms. The van der Waals surface area contributed by atoms with E-state index in [-0.39, 0.29) is 17.6 Å². The topological polar surface area (TPSA) is 83.4 Å². The number of carbonyl (C=O) groups excluding carboxylic acids is 2. The van der Waals surface area contributed by atoms with E-state index in [0.29, 0.717) is 18.0 Å². The maximum Gasteiger partial charge on any atom is 0.231 e. The molecule has 0 unspecified atom stereocenters. The smallest absolute Gasteiger partial charge is 0.231 e. The molecule has 3 aromatic rings. The monoisotopic (exact) mass is 558 g/mol. The molecule has 0 atom stereocenters. The average Bonchev–Trinajstić information content (AvgIpc) is 3.62. The normalized spacial score (nSPS) is 16.5. The molecular formula is C33H46N6O2. The van der Waals surface area contributed by atoms with Crippen LogP contribution in [0.5, 0.6) is 0 Å². The van der Waals surface area contributed by atoms with Gasteiger partial charge in [-0.15, -0.1) is 0 Å². The lowest BCUT2D eigenvalue weighted by molar-refractivity contribution is -0.122. The number of hydrogen-bond donors (Lipinski definition) is 1. The number of ketones is 1. The molecule has 1 aromatic carbocycles. The zero-order valence-corrected chi connectivity index (χ0v) is 25.1. The summed E-state index contributed by atoms with van der Waals surface area (Å²) in [5.74, 6) is 2.33. The van der Waals surface area contributed by atoms with Crippen molar-refractivity contribution in [2.75, 3.05) is 36.4 Å². The number of benzene rings is 1. The Hall–Kier alpha value is -3.26. The zero-order chi connectivity index (χ0) is 28.8. The van der Waals surface area contributed by atoms with Gasteiger partial charge < -0.3 is 10.2 Å². The molecule has 5 rings (SSSR count). The van der Waals surface area contributed by atoms with Gasteiger partial charge in [0.15, 0.2) is 11.4 Å². The van der Waals surface area contributed by atoms with Crippen LogP contribution in [0.15, 0.2) is 36.4 Å². The highest BCUT2D eigenvalue weighted by molar-refractivity contribution is 5.95. The summed E-state index contributed by atoms with van der Waals surface area (Å²) in [6.07, 6.45) is 10.0. The number of aromatic nitrogens is 3. The highest BCUT2D eigenvalue weighted by Crippen LogP contribution is 2.30. The Labute approximate surface area is 244 Å². The van der Waals surface area contributed by atoms with Crippen molar-refractivity contribution >= 4 is 40.3 Å². The maximum absolute atomic E-state index is 13.7. The molecule has 8 nitrogen and oxygen atoms in total. The van der Waals surface area contributed by atoms with E-state index in [1.807, 2.05) is 41.3 Å². The number of nitrogens with one attached hydrogen (secondary N) is 1. The molecule has 1 aliphatic carbocycles. The highest BCUT2D eigenvalue weighted by Gasteiger charge is 2.29. The minimum atomic E-state index is 0.0485. The largest absolute Gasteiger partial charge is 0.326 e. The summed E-state index contributed by atoms with van der Waals surface area (Å²) >= 11 is 0. The number of piperidine rings is 1. The second-order valence-electron chi connectivity index (χ2n) is 12.3. The summed E-state index contributed by atoms with van der Waals surface area (Å²) in [7, 11) is 0. The van der Waals surface area contributed by atoms with Crippen molar-refractivity contribution in [1.29, 1.82) is 0 Å². The van der Waals surface area contributed by atoms with Crippen molar-refractivity contribution in [3.63, 3.8) is 0 Å². The number of pyridine rings is 1. The first-order valence-corrected chi connectivity index (χ1v) is 15.7.